The largest absolute Gasteiger partial charge is 0.469 e. The molecule has 21 heavy (non-hydrogen) atoms. The molecular formula is C16H21NO4. The molecule has 1 aliphatic carbocycles. The molecule has 2 bridgehead atoms. The van der Waals surface area contributed by atoms with E-state index in [1.807, 2.05) is 17.1 Å². The Kier molecular flexibility index (Phi) is 2.89. The maximum Gasteiger partial charge on any atom is 0.312 e. The van der Waals surface area contributed by atoms with Crippen LogP contribution in [-0.4, -0.2) is 48.2 Å². The predicted molar refractivity (Wildman–Crippen MR) is 74.3 cm³/mol. The average Bonchev–Trinajstić information content (AvgIpc) is 3.16. The van der Waals surface area contributed by atoms with Crippen molar-refractivity contribution < 1.29 is 19.1 Å². The maximum absolute atomic E-state index is 12.9. The SMILES string of the molecule is COC(=O)[C@H]1[C@H]2C=CC3(CN(C4CCCCC4)C(=O)[C@@H]13)O2. The number of ether oxygens (including phenoxy) is 2. The maximum atomic E-state index is 12.9. The number of nitrogens with zero attached hydrogens (tertiary/aromatic N) is 1. The Labute approximate surface area is 124 Å². The summed E-state index contributed by atoms with van der Waals surface area (Å²) in [6.07, 6.45) is 9.42. The van der Waals surface area contributed by atoms with E-state index in [9.17, 15) is 9.59 Å². The zero-order chi connectivity index (χ0) is 14.6. The Bertz CT molecular complexity index is 510. The van der Waals surface area contributed by atoms with Crippen LogP contribution in [0.5, 0.6) is 0 Å². The van der Waals surface area contributed by atoms with Gasteiger partial charge in [-0.3, -0.25) is 9.59 Å². The average molecular weight is 291 g/mol. The van der Waals surface area contributed by atoms with Gasteiger partial charge in [0.05, 0.1) is 25.7 Å². The van der Waals surface area contributed by atoms with Crippen LogP contribution >= 0.6 is 0 Å². The second-order valence-corrected chi connectivity index (χ2v) is 6.68. The fraction of sp³-hybridized carbons (Fsp3) is 0.750. The Morgan fingerprint density at radius 1 is 1.38 bits per heavy atom. The highest BCUT2D eigenvalue weighted by molar-refractivity contribution is 5.91. The molecule has 4 aliphatic rings. The summed E-state index contributed by atoms with van der Waals surface area (Å²) < 4.78 is 10.9. The number of carbonyl (C=O) groups excluding carboxylic acids is 2. The van der Waals surface area contributed by atoms with Crippen molar-refractivity contribution >= 4 is 11.9 Å². The van der Waals surface area contributed by atoms with Crippen molar-refractivity contribution in [3.63, 3.8) is 0 Å². The predicted octanol–water partition coefficient (Wildman–Crippen LogP) is 1.27. The van der Waals surface area contributed by atoms with Gasteiger partial charge in [0, 0.05) is 6.04 Å². The van der Waals surface area contributed by atoms with Gasteiger partial charge in [0.25, 0.3) is 0 Å². The summed E-state index contributed by atoms with van der Waals surface area (Å²) in [7, 11) is 1.38. The molecule has 3 aliphatic heterocycles. The van der Waals surface area contributed by atoms with Crippen LogP contribution in [0.4, 0.5) is 0 Å². The number of hydrogen-bond acceptors (Lipinski definition) is 4. The van der Waals surface area contributed by atoms with Gasteiger partial charge in [0.2, 0.25) is 5.91 Å². The minimum atomic E-state index is -0.585. The van der Waals surface area contributed by atoms with Gasteiger partial charge < -0.3 is 14.4 Å². The van der Waals surface area contributed by atoms with Crippen molar-refractivity contribution in [2.24, 2.45) is 11.8 Å². The lowest BCUT2D eigenvalue weighted by Gasteiger charge is -2.32. The minimum absolute atomic E-state index is 0.0872. The third-order valence-corrected chi connectivity index (χ3v) is 5.62. The van der Waals surface area contributed by atoms with E-state index in [-0.39, 0.29) is 23.9 Å². The van der Waals surface area contributed by atoms with Gasteiger partial charge >= 0.3 is 5.97 Å². The number of carbonyl (C=O) groups is 2. The summed E-state index contributed by atoms with van der Waals surface area (Å²) >= 11 is 0. The van der Waals surface area contributed by atoms with Crippen LogP contribution in [0.1, 0.15) is 32.1 Å². The van der Waals surface area contributed by atoms with Crippen LogP contribution in [0.15, 0.2) is 12.2 Å². The Morgan fingerprint density at radius 2 is 2.14 bits per heavy atom. The first-order valence-electron chi connectivity index (χ1n) is 7.92. The van der Waals surface area contributed by atoms with Gasteiger partial charge in [0.15, 0.2) is 0 Å². The van der Waals surface area contributed by atoms with Gasteiger partial charge in [-0.2, -0.15) is 0 Å². The standard InChI is InChI=1S/C16H21NO4/c1-20-15(19)12-11-7-8-16(21-11)9-17(14(18)13(12)16)10-5-3-2-4-6-10/h7-8,10-13H,2-6,9H2,1H3/t11-,12+,13-,16?/m1/s1. The number of fused-ring (bicyclic) bond motifs is 1. The molecule has 0 aromatic heterocycles. The Morgan fingerprint density at radius 3 is 2.86 bits per heavy atom. The summed E-state index contributed by atoms with van der Waals surface area (Å²) in [4.78, 5) is 26.9. The molecule has 4 rings (SSSR count). The zero-order valence-corrected chi connectivity index (χ0v) is 12.3. The first kappa shape index (κ1) is 13.3. The van der Waals surface area contributed by atoms with E-state index in [1.54, 1.807) is 0 Å². The minimum Gasteiger partial charge on any atom is -0.469 e. The van der Waals surface area contributed by atoms with Crippen molar-refractivity contribution in [1.29, 1.82) is 0 Å². The van der Waals surface area contributed by atoms with Gasteiger partial charge in [-0.05, 0) is 12.8 Å². The molecule has 1 spiro atoms. The van der Waals surface area contributed by atoms with E-state index in [0.29, 0.717) is 12.6 Å². The van der Waals surface area contributed by atoms with Gasteiger partial charge in [-0.15, -0.1) is 0 Å². The highest BCUT2D eigenvalue weighted by atomic mass is 16.5. The third kappa shape index (κ3) is 1.73. The van der Waals surface area contributed by atoms with E-state index in [1.165, 1.54) is 26.4 Å². The molecule has 0 aromatic carbocycles. The molecule has 1 amide bonds. The van der Waals surface area contributed by atoms with E-state index >= 15 is 0 Å². The normalized spacial score (nSPS) is 41.7. The molecule has 5 nitrogen and oxygen atoms in total. The quantitative estimate of drug-likeness (QED) is 0.568. The fourth-order valence-corrected chi connectivity index (χ4v) is 4.64. The molecule has 1 unspecified atom stereocenters. The summed E-state index contributed by atoms with van der Waals surface area (Å²) in [5, 5.41) is 0. The van der Waals surface area contributed by atoms with Crippen LogP contribution in [0.25, 0.3) is 0 Å². The lowest BCUT2D eigenvalue weighted by atomic mass is 9.77. The lowest BCUT2D eigenvalue weighted by Crippen LogP contribution is -2.42. The third-order valence-electron chi connectivity index (χ3n) is 5.62. The van der Waals surface area contributed by atoms with Gasteiger partial charge in [-0.25, -0.2) is 0 Å². The van der Waals surface area contributed by atoms with Crippen LogP contribution < -0.4 is 0 Å². The molecule has 0 aromatic rings. The Hall–Kier alpha value is -1.36. The number of amides is 1. The molecule has 3 heterocycles. The number of rotatable bonds is 2. The molecule has 5 heteroatoms. The molecule has 0 radical (unpaired) electrons. The number of likely N-dealkylation sites (tertiary alicyclic amines) is 1. The molecule has 4 atom stereocenters. The summed E-state index contributed by atoms with van der Waals surface area (Å²) in [6.45, 7) is 0.599. The van der Waals surface area contributed by atoms with Crippen molar-refractivity contribution in [1.82, 2.24) is 4.90 Å². The van der Waals surface area contributed by atoms with Crippen molar-refractivity contribution in [3.8, 4) is 0 Å². The van der Waals surface area contributed by atoms with Gasteiger partial charge in [-0.1, -0.05) is 31.4 Å². The molecule has 3 fully saturated rings. The highest BCUT2D eigenvalue weighted by Gasteiger charge is 2.67. The van der Waals surface area contributed by atoms with Gasteiger partial charge in [0.1, 0.15) is 11.5 Å². The van der Waals surface area contributed by atoms with Crippen LogP contribution in [0.3, 0.4) is 0 Å². The number of esters is 1. The Balaban J connectivity index is 1.63. The van der Waals surface area contributed by atoms with Crippen LogP contribution in [-0.2, 0) is 19.1 Å². The fourth-order valence-electron chi connectivity index (χ4n) is 4.64. The summed E-state index contributed by atoms with van der Waals surface area (Å²) in [6, 6.07) is 0.320. The lowest BCUT2D eigenvalue weighted by molar-refractivity contribution is -0.151. The second-order valence-electron chi connectivity index (χ2n) is 6.68. The van der Waals surface area contributed by atoms with Crippen molar-refractivity contribution in [3.05, 3.63) is 12.2 Å². The van der Waals surface area contributed by atoms with E-state index in [4.69, 9.17) is 9.47 Å². The topological polar surface area (TPSA) is 55.8 Å². The van der Waals surface area contributed by atoms with E-state index in [2.05, 4.69) is 0 Å². The first-order valence-corrected chi connectivity index (χ1v) is 7.92. The van der Waals surface area contributed by atoms with Crippen molar-refractivity contribution in [2.45, 2.75) is 49.9 Å². The molecule has 114 valence electrons. The van der Waals surface area contributed by atoms with Crippen LogP contribution in [0, 0.1) is 11.8 Å². The molecule has 1 saturated carbocycles. The van der Waals surface area contributed by atoms with Crippen LogP contribution in [0.2, 0.25) is 0 Å². The zero-order valence-electron chi connectivity index (χ0n) is 12.3. The molecule has 2 saturated heterocycles. The van der Waals surface area contributed by atoms with E-state index < -0.39 is 11.5 Å². The highest BCUT2D eigenvalue weighted by Crippen LogP contribution is 2.53. The second kappa shape index (κ2) is 4.57. The molecule has 0 N–H and O–H groups in total. The van der Waals surface area contributed by atoms with E-state index in [0.717, 1.165) is 12.8 Å². The first-order chi connectivity index (χ1) is 10.2. The summed E-state index contributed by atoms with van der Waals surface area (Å²) in [5.41, 5.74) is -0.585. The molecular weight excluding hydrogens is 270 g/mol. The smallest absolute Gasteiger partial charge is 0.312 e. The summed E-state index contributed by atoms with van der Waals surface area (Å²) in [5.74, 6) is -1.10. The number of hydrogen-bond donors (Lipinski definition) is 0. The monoisotopic (exact) mass is 291 g/mol. The van der Waals surface area contributed by atoms with Crippen molar-refractivity contribution in [2.75, 3.05) is 13.7 Å². The number of methoxy groups -OCH3 is 1.